The smallest absolute Gasteiger partial charge is 0.385 e. The van der Waals surface area contributed by atoms with Crippen molar-refractivity contribution in [3.8, 4) is 0 Å². The molecule has 0 saturated carbocycles. The predicted molar refractivity (Wildman–Crippen MR) is 71.2 cm³/mol. The van der Waals surface area contributed by atoms with Gasteiger partial charge in [-0.1, -0.05) is 18.2 Å². The molecule has 1 atom stereocenters. The molecule has 5 heteroatoms. The molecule has 0 spiro atoms. The molecule has 1 N–H and O–H groups in total. The van der Waals surface area contributed by atoms with Gasteiger partial charge in [0.15, 0.2) is 0 Å². The van der Waals surface area contributed by atoms with Crippen LogP contribution in [0.15, 0.2) is 36.7 Å². The van der Waals surface area contributed by atoms with Gasteiger partial charge >= 0.3 is 6.18 Å². The average Bonchev–Trinajstić information content (AvgIpc) is 2.36. The largest absolute Gasteiger partial charge is 0.389 e. The van der Waals surface area contributed by atoms with Crippen LogP contribution in [0.4, 0.5) is 13.2 Å². The second-order valence-corrected chi connectivity index (χ2v) is 5.14. The SMILES string of the molecule is CC(O)(CCCC(F)(F)F)c1cccc2ccncc12. The minimum Gasteiger partial charge on any atom is -0.385 e. The number of hydrogen-bond acceptors (Lipinski definition) is 2. The van der Waals surface area contributed by atoms with Crippen LogP contribution in [0.25, 0.3) is 10.8 Å². The lowest BCUT2D eigenvalue weighted by atomic mass is 9.87. The van der Waals surface area contributed by atoms with Crippen molar-refractivity contribution >= 4 is 10.8 Å². The molecule has 0 bridgehead atoms. The number of aliphatic hydroxyl groups is 1. The average molecular weight is 283 g/mol. The highest BCUT2D eigenvalue weighted by Crippen LogP contribution is 2.33. The Morgan fingerprint density at radius 2 is 1.90 bits per heavy atom. The molecular weight excluding hydrogens is 267 g/mol. The minimum atomic E-state index is -4.18. The fourth-order valence-corrected chi connectivity index (χ4v) is 2.35. The molecule has 1 aromatic heterocycles. The third-order valence-electron chi connectivity index (χ3n) is 3.39. The maximum Gasteiger partial charge on any atom is 0.389 e. The van der Waals surface area contributed by atoms with Crippen LogP contribution in [0.1, 0.15) is 31.7 Å². The minimum absolute atomic E-state index is 0.0561. The number of halogens is 3. The zero-order valence-electron chi connectivity index (χ0n) is 11.1. The van der Waals surface area contributed by atoms with E-state index in [2.05, 4.69) is 4.98 Å². The van der Waals surface area contributed by atoms with Gasteiger partial charge in [0, 0.05) is 24.2 Å². The summed E-state index contributed by atoms with van der Waals surface area (Å²) in [4.78, 5) is 4.02. The molecule has 0 aliphatic carbocycles. The van der Waals surface area contributed by atoms with Gasteiger partial charge in [-0.05, 0) is 36.8 Å². The molecule has 1 heterocycles. The predicted octanol–water partition coefficient (Wildman–Crippen LogP) is 4.17. The van der Waals surface area contributed by atoms with E-state index in [1.807, 2.05) is 12.1 Å². The van der Waals surface area contributed by atoms with Crippen molar-refractivity contribution in [2.24, 2.45) is 0 Å². The number of hydrogen-bond donors (Lipinski definition) is 1. The molecule has 0 aliphatic rings. The van der Waals surface area contributed by atoms with Crippen LogP contribution in [0.3, 0.4) is 0 Å². The standard InChI is InChI=1S/C15H16F3NO/c1-14(20,7-3-8-15(16,17)18)13-5-2-4-11-6-9-19-10-12(11)13/h2,4-6,9-10,20H,3,7-8H2,1H3. The Morgan fingerprint density at radius 1 is 1.15 bits per heavy atom. The second kappa shape index (κ2) is 5.40. The number of fused-ring (bicyclic) bond motifs is 1. The molecule has 1 unspecified atom stereocenters. The first-order valence-electron chi connectivity index (χ1n) is 6.42. The van der Waals surface area contributed by atoms with Crippen molar-refractivity contribution in [1.82, 2.24) is 4.98 Å². The van der Waals surface area contributed by atoms with Gasteiger partial charge in [0.25, 0.3) is 0 Å². The summed E-state index contributed by atoms with van der Waals surface area (Å²) < 4.78 is 36.6. The van der Waals surface area contributed by atoms with Gasteiger partial charge in [0.05, 0.1) is 5.60 Å². The summed E-state index contributed by atoms with van der Waals surface area (Å²) in [5, 5.41) is 12.2. The molecule has 2 rings (SSSR count). The Labute approximate surface area is 115 Å². The monoisotopic (exact) mass is 283 g/mol. The highest BCUT2D eigenvalue weighted by atomic mass is 19.4. The molecule has 1 aromatic carbocycles. The first-order valence-corrected chi connectivity index (χ1v) is 6.42. The molecule has 0 aliphatic heterocycles. The van der Waals surface area contributed by atoms with Crippen molar-refractivity contribution in [3.05, 3.63) is 42.2 Å². The highest BCUT2D eigenvalue weighted by Gasteiger charge is 2.30. The molecule has 2 aromatic rings. The van der Waals surface area contributed by atoms with Crippen LogP contribution in [-0.2, 0) is 5.60 Å². The topological polar surface area (TPSA) is 33.1 Å². The van der Waals surface area contributed by atoms with Crippen molar-refractivity contribution in [2.75, 3.05) is 0 Å². The maximum atomic E-state index is 12.2. The van der Waals surface area contributed by atoms with Crippen LogP contribution in [0.5, 0.6) is 0 Å². The third-order valence-corrected chi connectivity index (χ3v) is 3.39. The van der Waals surface area contributed by atoms with E-state index in [0.29, 0.717) is 5.56 Å². The molecule has 0 amide bonds. The molecule has 0 radical (unpaired) electrons. The molecule has 0 saturated heterocycles. The second-order valence-electron chi connectivity index (χ2n) is 5.14. The number of benzene rings is 1. The van der Waals surface area contributed by atoms with Gasteiger partial charge in [-0.15, -0.1) is 0 Å². The van der Waals surface area contributed by atoms with Gasteiger partial charge in [0.1, 0.15) is 0 Å². The summed E-state index contributed by atoms with van der Waals surface area (Å²) in [6.07, 6.45) is -1.84. The number of alkyl halides is 3. The quantitative estimate of drug-likeness (QED) is 0.913. The van der Waals surface area contributed by atoms with Gasteiger partial charge in [-0.3, -0.25) is 4.98 Å². The van der Waals surface area contributed by atoms with E-state index in [0.717, 1.165) is 10.8 Å². The van der Waals surface area contributed by atoms with Crippen molar-refractivity contribution < 1.29 is 18.3 Å². The Morgan fingerprint density at radius 3 is 2.60 bits per heavy atom. The fraction of sp³-hybridized carbons (Fsp3) is 0.400. The zero-order valence-corrected chi connectivity index (χ0v) is 11.1. The Bertz CT molecular complexity index is 588. The number of rotatable bonds is 4. The maximum absolute atomic E-state index is 12.2. The lowest BCUT2D eigenvalue weighted by Crippen LogP contribution is -2.22. The Balaban J connectivity index is 2.23. The van der Waals surface area contributed by atoms with Gasteiger partial charge in [-0.25, -0.2) is 0 Å². The molecule has 2 nitrogen and oxygen atoms in total. The number of pyridine rings is 1. The van der Waals surface area contributed by atoms with E-state index >= 15 is 0 Å². The van der Waals surface area contributed by atoms with Crippen LogP contribution >= 0.6 is 0 Å². The summed E-state index contributed by atoms with van der Waals surface area (Å²) in [6.45, 7) is 1.55. The lowest BCUT2D eigenvalue weighted by Gasteiger charge is -2.25. The molecule has 0 fully saturated rings. The van der Waals surface area contributed by atoms with Crippen molar-refractivity contribution in [2.45, 2.75) is 38.0 Å². The molecular formula is C15H16F3NO. The first-order chi connectivity index (χ1) is 9.30. The van der Waals surface area contributed by atoms with E-state index in [-0.39, 0.29) is 12.8 Å². The normalized spacial score (nSPS) is 15.2. The van der Waals surface area contributed by atoms with Crippen LogP contribution in [-0.4, -0.2) is 16.3 Å². The van der Waals surface area contributed by atoms with Gasteiger partial charge in [-0.2, -0.15) is 13.2 Å². The van der Waals surface area contributed by atoms with E-state index in [1.165, 1.54) is 0 Å². The van der Waals surface area contributed by atoms with E-state index in [9.17, 15) is 18.3 Å². The van der Waals surface area contributed by atoms with Crippen LogP contribution in [0.2, 0.25) is 0 Å². The van der Waals surface area contributed by atoms with Crippen molar-refractivity contribution in [1.29, 1.82) is 0 Å². The van der Waals surface area contributed by atoms with E-state index < -0.39 is 18.2 Å². The lowest BCUT2D eigenvalue weighted by molar-refractivity contribution is -0.137. The molecule has 20 heavy (non-hydrogen) atoms. The summed E-state index contributed by atoms with van der Waals surface area (Å²) >= 11 is 0. The summed E-state index contributed by atoms with van der Waals surface area (Å²) in [5.41, 5.74) is -0.682. The first kappa shape index (κ1) is 14.8. The Kier molecular flexibility index (Phi) is 3.99. The Hall–Kier alpha value is -1.62. The fourth-order valence-electron chi connectivity index (χ4n) is 2.35. The van der Waals surface area contributed by atoms with Crippen molar-refractivity contribution in [3.63, 3.8) is 0 Å². The number of nitrogens with zero attached hydrogens (tertiary/aromatic N) is 1. The highest BCUT2D eigenvalue weighted by molar-refractivity contribution is 5.85. The van der Waals surface area contributed by atoms with Crippen LogP contribution in [0, 0.1) is 0 Å². The van der Waals surface area contributed by atoms with Gasteiger partial charge < -0.3 is 5.11 Å². The zero-order chi connectivity index (χ0) is 14.8. The summed E-state index contributed by atoms with van der Waals surface area (Å²) in [7, 11) is 0. The number of aromatic nitrogens is 1. The summed E-state index contributed by atoms with van der Waals surface area (Å²) in [5.74, 6) is 0. The molecule has 108 valence electrons. The van der Waals surface area contributed by atoms with Gasteiger partial charge in [0.2, 0.25) is 0 Å². The van der Waals surface area contributed by atoms with Crippen LogP contribution < -0.4 is 0 Å². The third kappa shape index (κ3) is 3.48. The van der Waals surface area contributed by atoms with E-state index in [1.54, 1.807) is 31.5 Å². The summed E-state index contributed by atoms with van der Waals surface area (Å²) in [6, 6.07) is 7.21. The van der Waals surface area contributed by atoms with E-state index in [4.69, 9.17) is 0 Å².